The first-order valence-electron chi connectivity index (χ1n) is 6.09. The van der Waals surface area contributed by atoms with Gasteiger partial charge in [-0.2, -0.15) is 0 Å². The van der Waals surface area contributed by atoms with E-state index in [1.165, 1.54) is 25.7 Å². The highest BCUT2D eigenvalue weighted by molar-refractivity contribution is 5.97. The molecule has 1 aliphatic carbocycles. The standard InChI is InChI=1S/C12H20N2O2/c1-12(2)11(16)14(8-10(15)13-12)7-9-5-3-4-6-9/h9H,3-8H2,1-2H3,(H,13,15). The van der Waals surface area contributed by atoms with Crippen molar-refractivity contribution in [2.24, 2.45) is 5.92 Å². The number of nitrogens with zero attached hydrogens (tertiary/aromatic N) is 1. The topological polar surface area (TPSA) is 49.4 Å². The molecule has 0 radical (unpaired) electrons. The van der Waals surface area contributed by atoms with Crippen LogP contribution in [0.1, 0.15) is 39.5 Å². The van der Waals surface area contributed by atoms with E-state index in [-0.39, 0.29) is 18.4 Å². The lowest BCUT2D eigenvalue weighted by Crippen LogP contribution is -2.64. The fourth-order valence-electron chi connectivity index (χ4n) is 2.73. The zero-order chi connectivity index (χ0) is 11.8. The Balaban J connectivity index is 2.02. The number of piperazine rings is 1. The van der Waals surface area contributed by atoms with Crippen molar-refractivity contribution >= 4 is 11.8 Å². The molecule has 0 aromatic carbocycles. The monoisotopic (exact) mass is 224 g/mol. The van der Waals surface area contributed by atoms with E-state index >= 15 is 0 Å². The van der Waals surface area contributed by atoms with E-state index < -0.39 is 5.54 Å². The molecule has 0 spiro atoms. The largest absolute Gasteiger partial charge is 0.341 e. The molecule has 4 heteroatoms. The lowest BCUT2D eigenvalue weighted by molar-refractivity contribution is -0.148. The first kappa shape index (κ1) is 11.4. The van der Waals surface area contributed by atoms with Crippen molar-refractivity contribution in [1.29, 1.82) is 0 Å². The van der Waals surface area contributed by atoms with Gasteiger partial charge in [0.25, 0.3) is 0 Å². The fourth-order valence-corrected chi connectivity index (χ4v) is 2.73. The van der Waals surface area contributed by atoms with Gasteiger partial charge in [-0.3, -0.25) is 9.59 Å². The van der Waals surface area contributed by atoms with Gasteiger partial charge in [-0.15, -0.1) is 0 Å². The maximum absolute atomic E-state index is 12.1. The third-order valence-corrected chi connectivity index (χ3v) is 3.56. The minimum Gasteiger partial charge on any atom is -0.341 e. The number of carbonyl (C=O) groups is 2. The predicted octanol–water partition coefficient (Wildman–Crippen LogP) is 0.914. The van der Waals surface area contributed by atoms with Gasteiger partial charge in [-0.1, -0.05) is 12.8 Å². The van der Waals surface area contributed by atoms with Crippen molar-refractivity contribution in [1.82, 2.24) is 10.2 Å². The van der Waals surface area contributed by atoms with Crippen molar-refractivity contribution in [3.63, 3.8) is 0 Å². The Morgan fingerprint density at radius 3 is 2.56 bits per heavy atom. The van der Waals surface area contributed by atoms with E-state index in [1.807, 2.05) is 0 Å². The maximum atomic E-state index is 12.1. The Labute approximate surface area is 96.4 Å². The first-order chi connectivity index (χ1) is 7.49. The summed E-state index contributed by atoms with van der Waals surface area (Å²) in [7, 11) is 0. The average Bonchev–Trinajstić information content (AvgIpc) is 2.65. The van der Waals surface area contributed by atoms with E-state index in [4.69, 9.17) is 0 Å². The number of amides is 2. The van der Waals surface area contributed by atoms with Gasteiger partial charge in [0.2, 0.25) is 11.8 Å². The summed E-state index contributed by atoms with van der Waals surface area (Å²) in [6, 6.07) is 0. The molecule has 0 atom stereocenters. The second kappa shape index (κ2) is 4.07. The summed E-state index contributed by atoms with van der Waals surface area (Å²) in [5, 5.41) is 2.73. The molecule has 2 amide bonds. The van der Waals surface area contributed by atoms with Gasteiger partial charge >= 0.3 is 0 Å². The Morgan fingerprint density at radius 2 is 1.94 bits per heavy atom. The van der Waals surface area contributed by atoms with Crippen LogP contribution in [0.3, 0.4) is 0 Å². The molecule has 90 valence electrons. The minimum absolute atomic E-state index is 0.0393. The Kier molecular flexibility index (Phi) is 2.91. The van der Waals surface area contributed by atoms with Crippen LogP contribution in [0, 0.1) is 5.92 Å². The lowest BCUT2D eigenvalue weighted by Gasteiger charge is -2.38. The number of hydrogen-bond donors (Lipinski definition) is 1. The fraction of sp³-hybridized carbons (Fsp3) is 0.833. The van der Waals surface area contributed by atoms with Crippen molar-refractivity contribution < 1.29 is 9.59 Å². The molecular formula is C12H20N2O2. The van der Waals surface area contributed by atoms with Crippen LogP contribution in [0.4, 0.5) is 0 Å². The highest BCUT2D eigenvalue weighted by Crippen LogP contribution is 2.26. The molecule has 0 aromatic rings. The Hall–Kier alpha value is -1.06. The van der Waals surface area contributed by atoms with Crippen LogP contribution in [-0.2, 0) is 9.59 Å². The van der Waals surface area contributed by atoms with Gasteiger partial charge in [0.15, 0.2) is 0 Å². The van der Waals surface area contributed by atoms with Crippen LogP contribution >= 0.6 is 0 Å². The Bertz CT molecular complexity index is 306. The van der Waals surface area contributed by atoms with Crippen LogP contribution < -0.4 is 5.32 Å². The molecule has 0 aromatic heterocycles. The normalized spacial score (nSPS) is 26.0. The van der Waals surface area contributed by atoms with Gasteiger partial charge in [0, 0.05) is 6.54 Å². The van der Waals surface area contributed by atoms with E-state index in [2.05, 4.69) is 5.32 Å². The summed E-state index contributed by atoms with van der Waals surface area (Å²) in [5.74, 6) is 0.618. The summed E-state index contributed by atoms with van der Waals surface area (Å²) in [4.78, 5) is 25.3. The summed E-state index contributed by atoms with van der Waals surface area (Å²) >= 11 is 0. The van der Waals surface area contributed by atoms with Crippen molar-refractivity contribution in [3.8, 4) is 0 Å². The summed E-state index contributed by atoms with van der Waals surface area (Å²) in [5.41, 5.74) is -0.728. The average molecular weight is 224 g/mol. The molecule has 2 fully saturated rings. The first-order valence-corrected chi connectivity index (χ1v) is 6.09. The molecule has 2 aliphatic rings. The molecule has 1 aliphatic heterocycles. The minimum atomic E-state index is -0.728. The SMILES string of the molecule is CC1(C)NC(=O)CN(CC2CCCC2)C1=O. The molecule has 16 heavy (non-hydrogen) atoms. The van der Waals surface area contributed by atoms with Crippen molar-refractivity contribution in [2.75, 3.05) is 13.1 Å². The van der Waals surface area contributed by atoms with Gasteiger partial charge in [-0.05, 0) is 32.6 Å². The molecule has 1 N–H and O–H groups in total. The maximum Gasteiger partial charge on any atom is 0.248 e. The van der Waals surface area contributed by atoms with Crippen molar-refractivity contribution in [3.05, 3.63) is 0 Å². The quantitative estimate of drug-likeness (QED) is 0.758. The van der Waals surface area contributed by atoms with Crippen LogP contribution in [-0.4, -0.2) is 35.3 Å². The predicted molar refractivity (Wildman–Crippen MR) is 60.8 cm³/mol. The summed E-state index contributed by atoms with van der Waals surface area (Å²) in [6.07, 6.45) is 4.93. The van der Waals surface area contributed by atoms with Crippen molar-refractivity contribution in [2.45, 2.75) is 45.1 Å². The number of hydrogen-bond acceptors (Lipinski definition) is 2. The molecule has 0 unspecified atom stereocenters. The third kappa shape index (κ3) is 2.20. The number of rotatable bonds is 2. The third-order valence-electron chi connectivity index (χ3n) is 3.56. The zero-order valence-corrected chi connectivity index (χ0v) is 10.1. The molecular weight excluding hydrogens is 204 g/mol. The number of nitrogens with one attached hydrogen (secondary N) is 1. The van der Waals surface area contributed by atoms with Gasteiger partial charge in [0.1, 0.15) is 5.54 Å². The van der Waals surface area contributed by atoms with E-state index in [0.29, 0.717) is 5.92 Å². The van der Waals surface area contributed by atoms with E-state index in [9.17, 15) is 9.59 Å². The van der Waals surface area contributed by atoms with E-state index in [0.717, 1.165) is 6.54 Å². The highest BCUT2D eigenvalue weighted by atomic mass is 16.2. The second-order valence-electron chi connectivity index (χ2n) is 5.51. The Morgan fingerprint density at radius 1 is 1.31 bits per heavy atom. The zero-order valence-electron chi connectivity index (χ0n) is 10.1. The smallest absolute Gasteiger partial charge is 0.248 e. The second-order valence-corrected chi connectivity index (χ2v) is 5.51. The van der Waals surface area contributed by atoms with Gasteiger partial charge < -0.3 is 10.2 Å². The van der Waals surface area contributed by atoms with Crippen LogP contribution in [0.15, 0.2) is 0 Å². The summed E-state index contributed by atoms with van der Waals surface area (Å²) in [6.45, 7) is 4.54. The highest BCUT2D eigenvalue weighted by Gasteiger charge is 2.39. The lowest BCUT2D eigenvalue weighted by atomic mass is 9.98. The molecule has 4 nitrogen and oxygen atoms in total. The molecule has 1 saturated heterocycles. The summed E-state index contributed by atoms with van der Waals surface area (Å²) < 4.78 is 0. The van der Waals surface area contributed by atoms with E-state index in [1.54, 1.807) is 18.7 Å². The van der Waals surface area contributed by atoms with Crippen LogP contribution in [0.5, 0.6) is 0 Å². The van der Waals surface area contributed by atoms with Gasteiger partial charge in [0.05, 0.1) is 6.54 Å². The molecule has 1 saturated carbocycles. The molecule has 2 rings (SSSR count). The van der Waals surface area contributed by atoms with Crippen LogP contribution in [0.25, 0.3) is 0 Å². The van der Waals surface area contributed by atoms with Gasteiger partial charge in [-0.25, -0.2) is 0 Å². The van der Waals surface area contributed by atoms with Crippen LogP contribution in [0.2, 0.25) is 0 Å². The number of carbonyl (C=O) groups excluding carboxylic acids is 2. The molecule has 1 heterocycles. The molecule has 0 bridgehead atoms.